The van der Waals surface area contributed by atoms with E-state index < -0.39 is 15.8 Å². The third-order valence-corrected chi connectivity index (χ3v) is 3.97. The van der Waals surface area contributed by atoms with Gasteiger partial charge in [-0.25, -0.2) is 13.2 Å². The number of carbonyl (C=O) groups is 1. The molecule has 0 heterocycles. The summed E-state index contributed by atoms with van der Waals surface area (Å²) in [6.07, 6.45) is 1.14. The SMILES string of the molecule is COC(=O)c1ccc(OCc2ccccc2)c(CS(C)(=O)=O)c1. The van der Waals surface area contributed by atoms with Crippen molar-refractivity contribution in [1.82, 2.24) is 0 Å². The maximum absolute atomic E-state index is 11.6. The molecular weight excluding hydrogens is 316 g/mol. The van der Waals surface area contributed by atoms with E-state index in [9.17, 15) is 13.2 Å². The lowest BCUT2D eigenvalue weighted by atomic mass is 10.1. The van der Waals surface area contributed by atoms with Crippen LogP contribution in [0.2, 0.25) is 0 Å². The number of rotatable bonds is 6. The molecule has 0 unspecified atom stereocenters. The number of hydrogen-bond donors (Lipinski definition) is 0. The predicted molar refractivity (Wildman–Crippen MR) is 87.1 cm³/mol. The lowest BCUT2D eigenvalue weighted by molar-refractivity contribution is 0.0600. The summed E-state index contributed by atoms with van der Waals surface area (Å²) >= 11 is 0. The minimum Gasteiger partial charge on any atom is -0.489 e. The molecule has 0 aliphatic heterocycles. The normalized spacial score (nSPS) is 11.0. The molecule has 0 amide bonds. The number of sulfone groups is 1. The lowest BCUT2D eigenvalue weighted by Crippen LogP contribution is -2.08. The number of methoxy groups -OCH3 is 1. The van der Waals surface area contributed by atoms with Crippen LogP contribution in [-0.2, 0) is 26.9 Å². The largest absolute Gasteiger partial charge is 0.489 e. The lowest BCUT2D eigenvalue weighted by Gasteiger charge is -2.12. The van der Waals surface area contributed by atoms with Gasteiger partial charge in [-0.15, -0.1) is 0 Å². The molecule has 0 aromatic heterocycles. The molecule has 0 aliphatic carbocycles. The van der Waals surface area contributed by atoms with Gasteiger partial charge in [0.25, 0.3) is 0 Å². The number of benzene rings is 2. The summed E-state index contributed by atoms with van der Waals surface area (Å²) in [6.45, 7) is 0.315. The zero-order valence-electron chi connectivity index (χ0n) is 13.0. The Bertz CT molecular complexity index is 782. The van der Waals surface area contributed by atoms with E-state index in [0.717, 1.165) is 11.8 Å². The van der Waals surface area contributed by atoms with E-state index in [2.05, 4.69) is 4.74 Å². The second-order valence-corrected chi connectivity index (χ2v) is 7.30. The maximum atomic E-state index is 11.6. The molecule has 0 saturated carbocycles. The molecule has 6 heteroatoms. The Morgan fingerprint density at radius 3 is 2.39 bits per heavy atom. The summed E-state index contributed by atoms with van der Waals surface area (Å²) in [6, 6.07) is 14.2. The highest BCUT2D eigenvalue weighted by Crippen LogP contribution is 2.24. The Kier molecular flexibility index (Phi) is 5.39. The van der Waals surface area contributed by atoms with E-state index in [1.807, 2.05) is 30.3 Å². The van der Waals surface area contributed by atoms with Crippen LogP contribution in [0.25, 0.3) is 0 Å². The van der Waals surface area contributed by atoms with Gasteiger partial charge in [0.05, 0.1) is 18.4 Å². The van der Waals surface area contributed by atoms with Crippen LogP contribution in [0.3, 0.4) is 0 Å². The minimum atomic E-state index is -3.26. The molecule has 0 radical (unpaired) electrons. The Hall–Kier alpha value is -2.34. The van der Waals surface area contributed by atoms with Crippen molar-refractivity contribution in [2.75, 3.05) is 13.4 Å². The van der Waals surface area contributed by atoms with E-state index in [4.69, 9.17) is 4.74 Å². The molecule has 0 bridgehead atoms. The number of ether oxygens (including phenoxy) is 2. The molecule has 2 rings (SSSR count). The van der Waals surface area contributed by atoms with Crippen molar-refractivity contribution in [3.8, 4) is 5.75 Å². The first kappa shape index (κ1) is 17.0. The van der Waals surface area contributed by atoms with E-state index in [1.165, 1.54) is 13.2 Å². The van der Waals surface area contributed by atoms with E-state index in [1.54, 1.807) is 12.1 Å². The van der Waals surface area contributed by atoms with Crippen molar-refractivity contribution < 1.29 is 22.7 Å². The van der Waals surface area contributed by atoms with Crippen LogP contribution in [-0.4, -0.2) is 27.8 Å². The highest BCUT2D eigenvalue weighted by Gasteiger charge is 2.15. The van der Waals surface area contributed by atoms with Crippen LogP contribution in [0, 0.1) is 0 Å². The Balaban J connectivity index is 2.28. The van der Waals surface area contributed by atoms with Crippen LogP contribution in [0.5, 0.6) is 5.75 Å². The molecule has 23 heavy (non-hydrogen) atoms. The molecule has 2 aromatic carbocycles. The van der Waals surface area contributed by atoms with Gasteiger partial charge in [-0.1, -0.05) is 30.3 Å². The van der Waals surface area contributed by atoms with Crippen molar-refractivity contribution in [3.63, 3.8) is 0 Å². The maximum Gasteiger partial charge on any atom is 0.337 e. The minimum absolute atomic E-state index is 0.206. The molecule has 0 spiro atoms. The van der Waals surface area contributed by atoms with Crippen LogP contribution in [0.1, 0.15) is 21.5 Å². The molecule has 0 saturated heterocycles. The molecule has 5 nitrogen and oxygen atoms in total. The molecule has 0 fully saturated rings. The highest BCUT2D eigenvalue weighted by molar-refractivity contribution is 7.89. The number of carbonyl (C=O) groups excluding carboxylic acids is 1. The molecule has 0 N–H and O–H groups in total. The third-order valence-electron chi connectivity index (χ3n) is 3.14. The summed E-state index contributed by atoms with van der Waals surface area (Å²) in [5.74, 6) is -0.289. The molecule has 0 aliphatic rings. The van der Waals surface area contributed by atoms with E-state index in [0.29, 0.717) is 23.5 Å². The van der Waals surface area contributed by atoms with Gasteiger partial charge in [-0.2, -0.15) is 0 Å². The van der Waals surface area contributed by atoms with E-state index in [-0.39, 0.29) is 5.75 Å². The first-order valence-electron chi connectivity index (χ1n) is 6.95. The van der Waals surface area contributed by atoms with Crippen molar-refractivity contribution in [1.29, 1.82) is 0 Å². The fourth-order valence-corrected chi connectivity index (χ4v) is 2.89. The Morgan fingerprint density at radius 1 is 1.09 bits per heavy atom. The van der Waals surface area contributed by atoms with Crippen LogP contribution in [0.4, 0.5) is 0 Å². The molecular formula is C17H18O5S. The van der Waals surface area contributed by atoms with Crippen molar-refractivity contribution >= 4 is 15.8 Å². The second-order valence-electron chi connectivity index (χ2n) is 5.16. The van der Waals surface area contributed by atoms with Gasteiger partial charge in [0.1, 0.15) is 12.4 Å². The standard InChI is InChI=1S/C17H18O5S/c1-21-17(18)14-8-9-16(15(10-14)12-23(2,19)20)22-11-13-6-4-3-5-7-13/h3-10H,11-12H2,1-2H3. The Morgan fingerprint density at radius 2 is 1.78 bits per heavy atom. The van der Waals surface area contributed by atoms with Crippen LogP contribution < -0.4 is 4.74 Å². The smallest absolute Gasteiger partial charge is 0.337 e. The predicted octanol–water partition coefficient (Wildman–Crippen LogP) is 2.60. The van der Waals surface area contributed by atoms with Gasteiger partial charge < -0.3 is 9.47 Å². The zero-order chi connectivity index (χ0) is 16.9. The molecule has 2 aromatic rings. The van der Waals surface area contributed by atoms with Gasteiger partial charge in [0.15, 0.2) is 9.84 Å². The molecule has 0 atom stereocenters. The first-order valence-corrected chi connectivity index (χ1v) is 9.01. The number of esters is 1. The van der Waals surface area contributed by atoms with E-state index >= 15 is 0 Å². The average molecular weight is 334 g/mol. The first-order chi connectivity index (χ1) is 10.9. The van der Waals surface area contributed by atoms with Crippen molar-refractivity contribution in [2.45, 2.75) is 12.4 Å². The third kappa shape index (κ3) is 5.10. The summed E-state index contributed by atoms with van der Waals surface area (Å²) in [5.41, 5.74) is 1.69. The van der Waals surface area contributed by atoms with Gasteiger partial charge in [-0.05, 0) is 23.8 Å². The average Bonchev–Trinajstić information content (AvgIpc) is 2.52. The summed E-state index contributed by atoms with van der Waals surface area (Å²) in [5, 5.41) is 0. The summed E-state index contributed by atoms with van der Waals surface area (Å²) in [7, 11) is -1.99. The second kappa shape index (κ2) is 7.28. The van der Waals surface area contributed by atoms with Crippen molar-refractivity contribution in [2.24, 2.45) is 0 Å². The molecule has 122 valence electrons. The quantitative estimate of drug-likeness (QED) is 0.760. The number of hydrogen-bond acceptors (Lipinski definition) is 5. The Labute approximate surface area is 135 Å². The fourth-order valence-electron chi connectivity index (χ4n) is 2.10. The fraction of sp³-hybridized carbons (Fsp3) is 0.235. The van der Waals surface area contributed by atoms with Gasteiger partial charge in [0, 0.05) is 11.8 Å². The monoisotopic (exact) mass is 334 g/mol. The topological polar surface area (TPSA) is 69.7 Å². The van der Waals surface area contributed by atoms with Gasteiger partial charge in [-0.3, -0.25) is 0 Å². The highest BCUT2D eigenvalue weighted by atomic mass is 32.2. The summed E-state index contributed by atoms with van der Waals surface area (Å²) in [4.78, 5) is 11.6. The van der Waals surface area contributed by atoms with Crippen LogP contribution >= 0.6 is 0 Å². The zero-order valence-corrected chi connectivity index (χ0v) is 13.8. The van der Waals surface area contributed by atoms with Gasteiger partial charge >= 0.3 is 5.97 Å². The van der Waals surface area contributed by atoms with Crippen molar-refractivity contribution in [3.05, 3.63) is 65.2 Å². The summed E-state index contributed by atoms with van der Waals surface area (Å²) < 4.78 is 33.6. The van der Waals surface area contributed by atoms with Gasteiger partial charge in [0.2, 0.25) is 0 Å². The van der Waals surface area contributed by atoms with Crippen LogP contribution in [0.15, 0.2) is 48.5 Å².